The Balaban J connectivity index is 1.97. The van der Waals surface area contributed by atoms with Crippen LogP contribution >= 0.6 is 0 Å². The van der Waals surface area contributed by atoms with E-state index in [2.05, 4.69) is 24.1 Å². The van der Waals surface area contributed by atoms with E-state index in [1.807, 2.05) is 0 Å². The van der Waals surface area contributed by atoms with E-state index >= 15 is 0 Å². The maximum Gasteiger partial charge on any atom is 0.147 e. The maximum absolute atomic E-state index is 11.4. The van der Waals surface area contributed by atoms with Gasteiger partial charge in [0.1, 0.15) is 9.84 Å². The first-order valence-electron chi connectivity index (χ1n) is 8.48. The summed E-state index contributed by atoms with van der Waals surface area (Å²) < 4.78 is 22.7. The van der Waals surface area contributed by atoms with E-state index in [1.165, 1.54) is 38.4 Å². The molecule has 0 radical (unpaired) electrons. The smallest absolute Gasteiger partial charge is 0.147 e. The number of hydrogen-bond donors (Lipinski definition) is 1. The van der Waals surface area contributed by atoms with Gasteiger partial charge in [0.15, 0.2) is 0 Å². The van der Waals surface area contributed by atoms with Gasteiger partial charge in [-0.15, -0.1) is 0 Å². The first-order valence-corrected chi connectivity index (χ1v) is 10.5. The molecule has 4 nitrogen and oxygen atoms in total. The molecular formula is C16H32N2O2S. The third kappa shape index (κ3) is 4.93. The summed E-state index contributed by atoms with van der Waals surface area (Å²) in [4.78, 5) is 2.57. The fourth-order valence-electron chi connectivity index (χ4n) is 4.01. The predicted octanol–water partition coefficient (Wildman–Crippen LogP) is 2.05. The highest BCUT2D eigenvalue weighted by Gasteiger charge is 2.40. The number of hydrogen-bond acceptors (Lipinski definition) is 4. The number of nitrogens with one attached hydrogen (secondary N) is 1. The van der Waals surface area contributed by atoms with Crippen LogP contribution in [0, 0.1) is 5.92 Å². The van der Waals surface area contributed by atoms with Crippen molar-refractivity contribution >= 4 is 9.84 Å². The molecule has 21 heavy (non-hydrogen) atoms. The molecule has 0 amide bonds. The lowest BCUT2D eigenvalue weighted by atomic mass is 9.78. The summed E-state index contributed by atoms with van der Waals surface area (Å²) in [7, 11) is -2.84. The topological polar surface area (TPSA) is 49.4 Å². The zero-order valence-corrected chi connectivity index (χ0v) is 14.7. The maximum atomic E-state index is 11.4. The standard InChI is InChI=1S/C16H32N2O2S/c1-14(2)15-12-17-16(8-5-4-6-9-16)13-18(15)10-7-11-21(3,19)20/h14-15,17H,4-13H2,1-3H3. The van der Waals surface area contributed by atoms with Gasteiger partial charge in [-0.25, -0.2) is 8.42 Å². The van der Waals surface area contributed by atoms with Crippen LogP contribution in [0.1, 0.15) is 52.4 Å². The Labute approximate surface area is 130 Å². The molecule has 1 N–H and O–H groups in total. The van der Waals surface area contributed by atoms with Gasteiger partial charge in [0.2, 0.25) is 0 Å². The van der Waals surface area contributed by atoms with Gasteiger partial charge in [-0.2, -0.15) is 0 Å². The third-order valence-electron chi connectivity index (χ3n) is 5.20. The van der Waals surface area contributed by atoms with E-state index < -0.39 is 9.84 Å². The highest BCUT2D eigenvalue weighted by atomic mass is 32.2. The van der Waals surface area contributed by atoms with Gasteiger partial charge in [-0.1, -0.05) is 33.1 Å². The van der Waals surface area contributed by atoms with Crippen LogP contribution in [0.2, 0.25) is 0 Å². The third-order valence-corrected chi connectivity index (χ3v) is 6.23. The second kappa shape index (κ2) is 6.97. The molecule has 124 valence electrons. The number of nitrogens with zero attached hydrogens (tertiary/aromatic N) is 1. The van der Waals surface area contributed by atoms with E-state index in [-0.39, 0.29) is 0 Å². The van der Waals surface area contributed by atoms with Crippen molar-refractivity contribution in [1.82, 2.24) is 10.2 Å². The monoisotopic (exact) mass is 316 g/mol. The van der Waals surface area contributed by atoms with Crippen molar-refractivity contribution in [2.24, 2.45) is 5.92 Å². The van der Waals surface area contributed by atoms with Crippen molar-refractivity contribution in [3.63, 3.8) is 0 Å². The van der Waals surface area contributed by atoms with Crippen molar-refractivity contribution < 1.29 is 8.42 Å². The molecule has 0 aromatic rings. The van der Waals surface area contributed by atoms with Crippen molar-refractivity contribution in [3.05, 3.63) is 0 Å². The molecular weight excluding hydrogens is 284 g/mol. The summed E-state index contributed by atoms with van der Waals surface area (Å²) in [5, 5.41) is 3.84. The normalized spacial score (nSPS) is 27.3. The Morgan fingerprint density at radius 2 is 1.90 bits per heavy atom. The van der Waals surface area contributed by atoms with Crippen LogP contribution in [0.3, 0.4) is 0 Å². The van der Waals surface area contributed by atoms with Gasteiger partial charge in [-0.3, -0.25) is 4.90 Å². The van der Waals surface area contributed by atoms with Gasteiger partial charge < -0.3 is 5.32 Å². The number of rotatable bonds is 5. The van der Waals surface area contributed by atoms with Crippen LogP contribution in [0.15, 0.2) is 0 Å². The zero-order valence-electron chi connectivity index (χ0n) is 13.9. The molecule has 0 aromatic carbocycles. The Bertz CT molecular complexity index is 428. The van der Waals surface area contributed by atoms with Crippen molar-refractivity contribution in [2.45, 2.75) is 64.0 Å². The summed E-state index contributed by atoms with van der Waals surface area (Å²) in [5.41, 5.74) is 0.300. The molecule has 1 spiro atoms. The van der Waals surface area contributed by atoms with Gasteiger partial charge in [0, 0.05) is 30.9 Å². The average molecular weight is 317 g/mol. The molecule has 2 fully saturated rings. The van der Waals surface area contributed by atoms with E-state index in [0.29, 0.717) is 23.3 Å². The van der Waals surface area contributed by atoms with Crippen molar-refractivity contribution in [2.75, 3.05) is 31.6 Å². The van der Waals surface area contributed by atoms with Crippen LogP contribution in [0.5, 0.6) is 0 Å². The minimum atomic E-state index is -2.84. The molecule has 2 aliphatic rings. The summed E-state index contributed by atoms with van der Waals surface area (Å²) in [5.74, 6) is 0.922. The Hall–Kier alpha value is -0.130. The average Bonchev–Trinajstić information content (AvgIpc) is 2.38. The first-order chi connectivity index (χ1) is 9.81. The summed E-state index contributed by atoms with van der Waals surface area (Å²) in [6.07, 6.45) is 8.68. The lowest BCUT2D eigenvalue weighted by molar-refractivity contribution is 0.0368. The SMILES string of the molecule is CC(C)C1CNC2(CCCCC2)CN1CCCS(C)(=O)=O. The van der Waals surface area contributed by atoms with Crippen LogP contribution in [0.4, 0.5) is 0 Å². The largest absolute Gasteiger partial charge is 0.308 e. The van der Waals surface area contributed by atoms with Crippen molar-refractivity contribution in [3.8, 4) is 0 Å². The second-order valence-electron chi connectivity index (χ2n) is 7.49. The first kappa shape index (κ1) is 17.2. The number of piperazine rings is 1. The molecule has 1 saturated heterocycles. The molecule has 1 aliphatic heterocycles. The van der Waals surface area contributed by atoms with E-state index in [0.717, 1.165) is 26.1 Å². The minimum Gasteiger partial charge on any atom is -0.308 e. The highest BCUT2D eigenvalue weighted by Crippen LogP contribution is 2.33. The molecule has 1 heterocycles. The van der Waals surface area contributed by atoms with Gasteiger partial charge >= 0.3 is 0 Å². The van der Waals surface area contributed by atoms with Crippen LogP contribution in [-0.2, 0) is 9.84 Å². The Morgan fingerprint density at radius 1 is 1.24 bits per heavy atom. The Morgan fingerprint density at radius 3 is 2.48 bits per heavy atom. The fourth-order valence-corrected chi connectivity index (χ4v) is 4.66. The minimum absolute atomic E-state index is 0.300. The van der Waals surface area contributed by atoms with Gasteiger partial charge in [0.05, 0.1) is 5.75 Å². The Kier molecular flexibility index (Phi) is 5.71. The van der Waals surface area contributed by atoms with E-state index in [4.69, 9.17) is 0 Å². The zero-order chi connectivity index (χ0) is 15.5. The van der Waals surface area contributed by atoms with E-state index in [1.54, 1.807) is 0 Å². The molecule has 1 aliphatic carbocycles. The summed E-state index contributed by atoms with van der Waals surface area (Å²) >= 11 is 0. The van der Waals surface area contributed by atoms with Crippen LogP contribution < -0.4 is 5.32 Å². The predicted molar refractivity (Wildman–Crippen MR) is 88.3 cm³/mol. The van der Waals surface area contributed by atoms with Crippen LogP contribution in [0.25, 0.3) is 0 Å². The van der Waals surface area contributed by atoms with Crippen LogP contribution in [-0.4, -0.2) is 56.5 Å². The van der Waals surface area contributed by atoms with Gasteiger partial charge in [0.25, 0.3) is 0 Å². The molecule has 1 unspecified atom stereocenters. The molecule has 0 bridgehead atoms. The summed E-state index contributed by atoms with van der Waals surface area (Å²) in [6.45, 7) is 7.61. The molecule has 0 aromatic heterocycles. The lowest BCUT2D eigenvalue weighted by Gasteiger charge is -2.51. The molecule has 1 atom stereocenters. The quantitative estimate of drug-likeness (QED) is 0.843. The highest BCUT2D eigenvalue weighted by molar-refractivity contribution is 7.90. The van der Waals surface area contributed by atoms with E-state index in [9.17, 15) is 8.42 Å². The number of sulfone groups is 1. The summed E-state index contributed by atoms with van der Waals surface area (Å²) in [6, 6.07) is 0.539. The molecule has 1 saturated carbocycles. The molecule has 5 heteroatoms. The van der Waals surface area contributed by atoms with Gasteiger partial charge in [-0.05, 0) is 31.7 Å². The lowest BCUT2D eigenvalue weighted by Crippen LogP contribution is -2.66. The molecule has 2 rings (SSSR count). The van der Waals surface area contributed by atoms with Crippen molar-refractivity contribution in [1.29, 1.82) is 0 Å². The second-order valence-corrected chi connectivity index (χ2v) is 9.75. The fraction of sp³-hybridized carbons (Fsp3) is 1.00.